The molecule has 6 nitrogen and oxygen atoms in total. The third-order valence-corrected chi connectivity index (χ3v) is 5.90. The van der Waals surface area contributed by atoms with Crippen LogP contribution in [0.2, 0.25) is 0 Å². The number of hydrogen-bond donors (Lipinski definition) is 1. The Kier molecular flexibility index (Phi) is 4.37. The van der Waals surface area contributed by atoms with Gasteiger partial charge in [-0.2, -0.15) is 0 Å². The molecule has 2 aliphatic rings. The first kappa shape index (κ1) is 17.4. The fourth-order valence-electron chi connectivity index (χ4n) is 4.27. The van der Waals surface area contributed by atoms with E-state index in [2.05, 4.69) is 9.97 Å². The van der Waals surface area contributed by atoms with Crippen LogP contribution >= 0.6 is 0 Å². The zero-order valence-corrected chi connectivity index (χ0v) is 15.6. The van der Waals surface area contributed by atoms with E-state index in [1.54, 1.807) is 12.4 Å². The predicted molar refractivity (Wildman–Crippen MR) is 105 cm³/mol. The Morgan fingerprint density at radius 1 is 1.25 bits per heavy atom. The van der Waals surface area contributed by atoms with Crippen molar-refractivity contribution < 1.29 is 14.3 Å². The highest BCUT2D eigenvalue weighted by Gasteiger charge is 2.54. The maximum Gasteiger partial charge on any atom is 0.270 e. The maximum atomic E-state index is 12.8. The molecule has 6 heteroatoms. The molecule has 0 saturated carbocycles. The number of hydrogen-bond acceptors (Lipinski definition) is 4. The molecule has 28 heavy (non-hydrogen) atoms. The van der Waals surface area contributed by atoms with Crippen LogP contribution in [0.15, 0.2) is 54.9 Å². The summed E-state index contributed by atoms with van der Waals surface area (Å²) < 4.78 is 12.0. The van der Waals surface area contributed by atoms with E-state index < -0.39 is 0 Å². The van der Waals surface area contributed by atoms with Gasteiger partial charge in [0.05, 0.1) is 26.3 Å². The average molecular weight is 377 g/mol. The van der Waals surface area contributed by atoms with Crippen molar-refractivity contribution in [2.45, 2.75) is 18.6 Å². The van der Waals surface area contributed by atoms with Crippen LogP contribution in [0.4, 0.5) is 0 Å². The number of carbonyl (C=O) groups excluding carboxylic acids is 1. The molecule has 144 valence electrons. The second kappa shape index (κ2) is 7.04. The molecule has 0 bridgehead atoms. The van der Waals surface area contributed by atoms with Gasteiger partial charge in [0.25, 0.3) is 5.91 Å². The third-order valence-electron chi connectivity index (χ3n) is 5.90. The number of H-pyrrole nitrogens is 1. The van der Waals surface area contributed by atoms with Crippen LogP contribution in [0.5, 0.6) is 0 Å². The Hall–Kier alpha value is -2.70. The second-order valence-corrected chi connectivity index (χ2v) is 7.70. The number of likely N-dealkylation sites (tertiary alicyclic amines) is 1. The van der Waals surface area contributed by atoms with Gasteiger partial charge in [0.2, 0.25) is 0 Å². The minimum Gasteiger partial charge on any atom is -0.376 e. The van der Waals surface area contributed by atoms with Gasteiger partial charge >= 0.3 is 0 Å². The molecule has 5 rings (SSSR count). The molecule has 2 aromatic heterocycles. The highest BCUT2D eigenvalue weighted by atomic mass is 16.5. The number of carbonyl (C=O) groups is 1. The van der Waals surface area contributed by atoms with Crippen molar-refractivity contribution >= 4 is 16.8 Å². The molecule has 1 atom stereocenters. The van der Waals surface area contributed by atoms with Crippen LogP contribution in [-0.2, 0) is 16.1 Å². The summed E-state index contributed by atoms with van der Waals surface area (Å²) in [7, 11) is 0. The lowest BCUT2D eigenvalue weighted by atomic mass is 9.81. The lowest BCUT2D eigenvalue weighted by molar-refractivity contribution is -0.129. The molecule has 1 N–H and O–H groups in total. The van der Waals surface area contributed by atoms with E-state index in [9.17, 15) is 4.79 Å². The maximum absolute atomic E-state index is 12.8. The number of benzene rings is 1. The summed E-state index contributed by atoms with van der Waals surface area (Å²) in [6.45, 7) is 3.22. The van der Waals surface area contributed by atoms with E-state index in [0.717, 1.165) is 29.5 Å². The minimum absolute atomic E-state index is 0.0359. The Morgan fingerprint density at radius 2 is 2.07 bits per heavy atom. The molecule has 2 saturated heterocycles. The van der Waals surface area contributed by atoms with Gasteiger partial charge in [-0.15, -0.1) is 0 Å². The highest BCUT2D eigenvalue weighted by molar-refractivity contribution is 5.98. The topological polar surface area (TPSA) is 67.5 Å². The van der Waals surface area contributed by atoms with E-state index in [0.29, 0.717) is 37.9 Å². The molecule has 0 radical (unpaired) electrons. The van der Waals surface area contributed by atoms with E-state index in [4.69, 9.17) is 9.47 Å². The first-order chi connectivity index (χ1) is 13.7. The smallest absolute Gasteiger partial charge is 0.270 e. The molecule has 1 amide bonds. The van der Waals surface area contributed by atoms with Crippen LogP contribution < -0.4 is 0 Å². The summed E-state index contributed by atoms with van der Waals surface area (Å²) in [5, 5.41) is 1.06. The summed E-state index contributed by atoms with van der Waals surface area (Å²) in [5.41, 5.74) is 2.49. The molecule has 2 fully saturated rings. The Morgan fingerprint density at radius 3 is 2.89 bits per heavy atom. The van der Waals surface area contributed by atoms with E-state index >= 15 is 0 Å². The summed E-state index contributed by atoms with van der Waals surface area (Å²) in [4.78, 5) is 22.0. The van der Waals surface area contributed by atoms with Gasteiger partial charge in [-0.25, -0.2) is 0 Å². The monoisotopic (exact) mass is 377 g/mol. The molecule has 0 aliphatic carbocycles. The number of aromatic amines is 1. The second-order valence-electron chi connectivity index (χ2n) is 7.70. The van der Waals surface area contributed by atoms with Crippen molar-refractivity contribution in [3.05, 3.63) is 66.1 Å². The largest absolute Gasteiger partial charge is 0.376 e. The normalized spacial score (nSPS) is 20.6. The summed E-state index contributed by atoms with van der Waals surface area (Å²) in [6.07, 6.45) is 4.53. The fraction of sp³-hybridized carbons (Fsp3) is 0.364. The number of ether oxygens (including phenoxy) is 2. The van der Waals surface area contributed by atoms with Crippen molar-refractivity contribution in [2.75, 3.05) is 26.3 Å². The number of rotatable bonds is 5. The molecule has 4 heterocycles. The molecule has 1 spiro atoms. The van der Waals surface area contributed by atoms with Gasteiger partial charge in [0.1, 0.15) is 11.3 Å². The number of nitrogens with zero attached hydrogens (tertiary/aromatic N) is 2. The first-order valence-electron chi connectivity index (χ1n) is 9.71. The number of nitrogens with one attached hydrogen (secondary N) is 1. The van der Waals surface area contributed by atoms with Crippen molar-refractivity contribution in [3.8, 4) is 0 Å². The van der Waals surface area contributed by atoms with Gasteiger partial charge in [0, 0.05) is 35.8 Å². The minimum atomic E-state index is -0.250. The average Bonchev–Trinajstić information content (AvgIpc) is 3.31. The zero-order valence-electron chi connectivity index (χ0n) is 15.6. The fourth-order valence-corrected chi connectivity index (χ4v) is 4.27. The SMILES string of the molecule is O=C(c1cc2ccccc2[nH]1)N1CC2(C1)OCCC2COCc1ccncc1. The van der Waals surface area contributed by atoms with E-state index in [1.165, 1.54) is 0 Å². The number of aromatic nitrogens is 2. The molecule has 1 unspecified atom stereocenters. The van der Waals surface area contributed by atoms with Gasteiger partial charge in [-0.1, -0.05) is 18.2 Å². The summed E-state index contributed by atoms with van der Waals surface area (Å²) >= 11 is 0. The number of pyridine rings is 1. The number of para-hydroxylation sites is 1. The van der Waals surface area contributed by atoms with Crippen LogP contribution in [0.1, 0.15) is 22.5 Å². The third kappa shape index (κ3) is 3.08. The van der Waals surface area contributed by atoms with Gasteiger partial charge in [-0.05, 0) is 36.2 Å². The van der Waals surface area contributed by atoms with E-state index in [-0.39, 0.29) is 11.5 Å². The lowest BCUT2D eigenvalue weighted by Crippen LogP contribution is -2.66. The van der Waals surface area contributed by atoms with Crippen LogP contribution in [0.25, 0.3) is 10.9 Å². The zero-order chi connectivity index (χ0) is 19.0. The molecular weight excluding hydrogens is 354 g/mol. The lowest BCUT2D eigenvalue weighted by Gasteiger charge is -2.50. The van der Waals surface area contributed by atoms with Crippen molar-refractivity contribution in [2.24, 2.45) is 5.92 Å². The van der Waals surface area contributed by atoms with Gasteiger partial charge < -0.3 is 19.4 Å². The van der Waals surface area contributed by atoms with Crippen LogP contribution in [0, 0.1) is 5.92 Å². The summed E-state index contributed by atoms with van der Waals surface area (Å²) in [6, 6.07) is 13.8. The molecule has 3 aromatic rings. The number of fused-ring (bicyclic) bond motifs is 1. The quantitative estimate of drug-likeness (QED) is 0.742. The van der Waals surface area contributed by atoms with Gasteiger partial charge in [0.15, 0.2) is 0 Å². The number of amides is 1. The van der Waals surface area contributed by atoms with Crippen LogP contribution in [0.3, 0.4) is 0 Å². The Balaban J connectivity index is 1.19. The summed E-state index contributed by atoms with van der Waals surface area (Å²) in [5.74, 6) is 0.356. The van der Waals surface area contributed by atoms with Crippen molar-refractivity contribution in [1.29, 1.82) is 0 Å². The molecular formula is C22H23N3O3. The van der Waals surface area contributed by atoms with Crippen molar-refractivity contribution in [3.63, 3.8) is 0 Å². The van der Waals surface area contributed by atoms with Crippen molar-refractivity contribution in [1.82, 2.24) is 14.9 Å². The Labute approximate surface area is 163 Å². The first-order valence-corrected chi connectivity index (χ1v) is 9.71. The highest BCUT2D eigenvalue weighted by Crippen LogP contribution is 2.40. The molecule has 1 aromatic carbocycles. The van der Waals surface area contributed by atoms with E-state index in [1.807, 2.05) is 47.4 Å². The standard InChI is InChI=1S/C22H23N3O3/c26-21(20-11-17-3-1-2-4-19(17)24-20)25-14-22(15-25)18(7-10-28-22)13-27-12-16-5-8-23-9-6-16/h1-6,8-9,11,18,24H,7,10,12-15H2. The predicted octanol–water partition coefficient (Wildman–Crippen LogP) is 3.01. The molecule has 2 aliphatic heterocycles. The van der Waals surface area contributed by atoms with Gasteiger partial charge in [-0.3, -0.25) is 9.78 Å². The Bertz CT molecular complexity index is 946. The van der Waals surface area contributed by atoms with Crippen LogP contribution in [-0.4, -0.2) is 52.7 Å².